The molecule has 0 saturated heterocycles. The van der Waals surface area contributed by atoms with Crippen LogP contribution in [0.2, 0.25) is 0 Å². The van der Waals surface area contributed by atoms with Crippen molar-refractivity contribution in [3.8, 4) is 11.8 Å². The maximum atomic E-state index is 13.7. The Kier molecular flexibility index (Phi) is 7.06. The first-order chi connectivity index (χ1) is 9.93. The number of hydrogen-bond acceptors (Lipinski definition) is 3. The van der Waals surface area contributed by atoms with Crippen molar-refractivity contribution in [2.45, 2.75) is 19.4 Å². The monoisotopic (exact) mass is 310 g/mol. The van der Waals surface area contributed by atoms with Crippen molar-refractivity contribution in [1.29, 1.82) is 0 Å². The maximum Gasteiger partial charge on any atom is 0.254 e. The summed E-state index contributed by atoms with van der Waals surface area (Å²) >= 11 is 0. The Bertz CT molecular complexity index is 593. The highest BCUT2D eigenvalue weighted by molar-refractivity contribution is 7.84. The summed E-state index contributed by atoms with van der Waals surface area (Å²) in [7, 11) is -0.913. The van der Waals surface area contributed by atoms with E-state index in [1.165, 1.54) is 18.2 Å². The van der Waals surface area contributed by atoms with Crippen LogP contribution in [0.4, 0.5) is 4.39 Å². The van der Waals surface area contributed by atoms with Gasteiger partial charge in [-0.1, -0.05) is 11.8 Å². The summed E-state index contributed by atoms with van der Waals surface area (Å²) in [6, 6.07) is 3.93. The lowest BCUT2D eigenvalue weighted by Crippen LogP contribution is -2.34. The molecule has 0 radical (unpaired) electrons. The number of nitrogens with one attached hydrogen (secondary N) is 1. The number of carbonyl (C=O) groups excluding carboxylic acids is 1. The van der Waals surface area contributed by atoms with Gasteiger partial charge in [-0.3, -0.25) is 9.00 Å². The summed E-state index contributed by atoms with van der Waals surface area (Å²) < 4.78 is 24.7. The van der Waals surface area contributed by atoms with Crippen LogP contribution in [0.15, 0.2) is 18.2 Å². The number of benzene rings is 1. The number of carbonyl (C=O) groups is 1. The Morgan fingerprint density at radius 2 is 2.24 bits per heavy atom. The van der Waals surface area contributed by atoms with Gasteiger partial charge in [0.05, 0.1) is 12.1 Å². The fourth-order valence-corrected chi connectivity index (χ4v) is 2.33. The average Bonchev–Trinajstić information content (AvgIpc) is 2.44. The fourth-order valence-electron chi connectivity index (χ4n) is 1.65. The normalized spacial score (nSPS) is 13.0. The lowest BCUT2D eigenvalue weighted by atomic mass is 10.1. The molecule has 1 amide bonds. The van der Waals surface area contributed by atoms with E-state index < -0.39 is 22.5 Å². The van der Waals surface area contributed by atoms with Crippen molar-refractivity contribution in [3.63, 3.8) is 0 Å². The van der Waals surface area contributed by atoms with Crippen molar-refractivity contribution >= 4 is 16.7 Å². The number of amides is 1. The zero-order chi connectivity index (χ0) is 15.8. The van der Waals surface area contributed by atoms with E-state index in [4.69, 9.17) is 5.73 Å². The van der Waals surface area contributed by atoms with E-state index in [-0.39, 0.29) is 18.2 Å². The molecule has 2 atom stereocenters. The maximum absolute atomic E-state index is 13.7. The summed E-state index contributed by atoms with van der Waals surface area (Å²) in [6.07, 6.45) is 2.18. The van der Waals surface area contributed by atoms with E-state index in [2.05, 4.69) is 17.2 Å². The molecule has 1 aromatic rings. The molecule has 0 heterocycles. The summed E-state index contributed by atoms with van der Waals surface area (Å²) in [4.78, 5) is 12.0. The molecule has 1 rings (SSSR count). The summed E-state index contributed by atoms with van der Waals surface area (Å²) in [5, 5.41) is 2.69. The minimum absolute atomic E-state index is 0.0525. The Morgan fingerprint density at radius 1 is 1.52 bits per heavy atom. The van der Waals surface area contributed by atoms with Crippen LogP contribution in [0.25, 0.3) is 0 Å². The molecular formula is C15H19FN2O2S. The molecule has 2 unspecified atom stereocenters. The molecule has 0 aliphatic heterocycles. The molecule has 0 aliphatic carbocycles. The summed E-state index contributed by atoms with van der Waals surface area (Å²) in [6.45, 7) is 1.99. The first kappa shape index (κ1) is 17.3. The van der Waals surface area contributed by atoms with Gasteiger partial charge in [0.2, 0.25) is 0 Å². The van der Waals surface area contributed by atoms with Crippen LogP contribution in [0, 0.1) is 17.7 Å². The first-order valence-corrected chi connectivity index (χ1v) is 8.26. The van der Waals surface area contributed by atoms with Gasteiger partial charge in [0.15, 0.2) is 0 Å². The topological polar surface area (TPSA) is 72.2 Å². The zero-order valence-electron chi connectivity index (χ0n) is 12.1. The molecular weight excluding hydrogens is 291 g/mol. The van der Waals surface area contributed by atoms with Gasteiger partial charge >= 0.3 is 0 Å². The van der Waals surface area contributed by atoms with E-state index in [0.29, 0.717) is 17.7 Å². The van der Waals surface area contributed by atoms with E-state index in [9.17, 15) is 13.4 Å². The number of halogens is 1. The van der Waals surface area contributed by atoms with Crippen LogP contribution in [0.1, 0.15) is 29.3 Å². The van der Waals surface area contributed by atoms with E-state index in [1.54, 1.807) is 13.2 Å². The van der Waals surface area contributed by atoms with Gasteiger partial charge < -0.3 is 11.1 Å². The highest BCUT2D eigenvalue weighted by atomic mass is 32.2. The van der Waals surface area contributed by atoms with Crippen LogP contribution in [0.3, 0.4) is 0 Å². The molecule has 0 spiro atoms. The van der Waals surface area contributed by atoms with Crippen LogP contribution in [-0.2, 0) is 10.8 Å². The van der Waals surface area contributed by atoms with Crippen molar-refractivity contribution < 1.29 is 13.4 Å². The largest absolute Gasteiger partial charge is 0.349 e. The third-order valence-electron chi connectivity index (χ3n) is 2.76. The number of rotatable bonds is 5. The smallest absolute Gasteiger partial charge is 0.254 e. The van der Waals surface area contributed by atoms with E-state index in [1.807, 2.05) is 0 Å². The Hall–Kier alpha value is -1.71. The van der Waals surface area contributed by atoms with Gasteiger partial charge in [-0.25, -0.2) is 4.39 Å². The second kappa shape index (κ2) is 8.55. The Morgan fingerprint density at radius 3 is 2.86 bits per heavy atom. The molecule has 114 valence electrons. The molecule has 6 heteroatoms. The molecule has 0 aromatic heterocycles. The van der Waals surface area contributed by atoms with Gasteiger partial charge in [-0.05, 0) is 31.5 Å². The second-order valence-electron chi connectivity index (χ2n) is 4.64. The van der Waals surface area contributed by atoms with Gasteiger partial charge in [0, 0.05) is 34.4 Å². The molecule has 0 aliphatic rings. The zero-order valence-corrected chi connectivity index (χ0v) is 12.9. The molecule has 0 fully saturated rings. The Labute approximate surface area is 126 Å². The third-order valence-corrected chi connectivity index (χ3v) is 3.57. The predicted molar refractivity (Wildman–Crippen MR) is 82.8 cm³/mol. The standard InChI is InChI=1S/C15H19FN2O2S/c1-11(7-9-21(2)20)18-15(19)13-10-12(4-3-8-17)5-6-14(13)16/h5-6,10-11H,7-9,17H2,1-2H3,(H,18,19). The lowest BCUT2D eigenvalue weighted by Gasteiger charge is -2.13. The Balaban J connectivity index is 2.79. The quantitative estimate of drug-likeness (QED) is 0.798. The summed E-state index contributed by atoms with van der Waals surface area (Å²) in [5.41, 5.74) is 5.76. The molecule has 1 aromatic carbocycles. The van der Waals surface area contributed by atoms with Gasteiger partial charge in [-0.2, -0.15) is 0 Å². The van der Waals surface area contributed by atoms with Crippen molar-refractivity contribution in [3.05, 3.63) is 35.1 Å². The van der Waals surface area contributed by atoms with Gasteiger partial charge in [0.25, 0.3) is 5.91 Å². The van der Waals surface area contributed by atoms with Crippen LogP contribution >= 0.6 is 0 Å². The van der Waals surface area contributed by atoms with Gasteiger partial charge in [-0.15, -0.1) is 0 Å². The summed E-state index contributed by atoms with van der Waals surface area (Å²) in [5.74, 6) is 4.80. The van der Waals surface area contributed by atoms with Gasteiger partial charge in [0.1, 0.15) is 5.82 Å². The van der Waals surface area contributed by atoms with E-state index in [0.717, 1.165) is 0 Å². The number of hydrogen-bond donors (Lipinski definition) is 2. The van der Waals surface area contributed by atoms with Crippen molar-refractivity contribution in [2.75, 3.05) is 18.6 Å². The second-order valence-corrected chi connectivity index (χ2v) is 6.20. The first-order valence-electron chi connectivity index (χ1n) is 6.53. The van der Waals surface area contributed by atoms with Crippen molar-refractivity contribution in [1.82, 2.24) is 5.32 Å². The average molecular weight is 310 g/mol. The minimum atomic E-state index is -0.913. The minimum Gasteiger partial charge on any atom is -0.349 e. The lowest BCUT2D eigenvalue weighted by molar-refractivity contribution is 0.0935. The number of nitrogens with two attached hydrogens (primary N) is 1. The van der Waals surface area contributed by atoms with Crippen molar-refractivity contribution in [2.24, 2.45) is 5.73 Å². The SMILES string of the molecule is CC(CCS(C)=O)NC(=O)c1cc(C#CCN)ccc1F. The highest BCUT2D eigenvalue weighted by Gasteiger charge is 2.14. The third kappa shape index (κ3) is 6.06. The predicted octanol–water partition coefficient (Wildman–Crippen LogP) is 1.02. The molecule has 3 N–H and O–H groups in total. The van der Waals surface area contributed by atoms with E-state index >= 15 is 0 Å². The van der Waals surface area contributed by atoms with Crippen LogP contribution in [0.5, 0.6) is 0 Å². The van der Waals surface area contributed by atoms with Crippen LogP contribution in [-0.4, -0.2) is 34.7 Å². The molecule has 4 nitrogen and oxygen atoms in total. The fraction of sp³-hybridized carbons (Fsp3) is 0.400. The van der Waals surface area contributed by atoms with Crippen LogP contribution < -0.4 is 11.1 Å². The highest BCUT2D eigenvalue weighted by Crippen LogP contribution is 2.10. The molecule has 0 saturated carbocycles. The molecule has 0 bridgehead atoms. The molecule has 21 heavy (non-hydrogen) atoms.